The topological polar surface area (TPSA) is 91.0 Å². The molecule has 8 nitrogen and oxygen atoms in total. The summed E-state index contributed by atoms with van der Waals surface area (Å²) < 4.78 is 8.41. The molecule has 0 spiro atoms. The Labute approximate surface area is 156 Å². The van der Waals surface area contributed by atoms with Gasteiger partial charge in [0.2, 0.25) is 5.91 Å². The molecular formula is C17H23N5O3S. The molecule has 0 aromatic carbocycles. The van der Waals surface area contributed by atoms with Crippen molar-refractivity contribution >= 4 is 29.5 Å². The van der Waals surface area contributed by atoms with Gasteiger partial charge in [-0.15, -0.1) is 11.8 Å². The lowest BCUT2D eigenvalue weighted by Crippen LogP contribution is -2.20. The predicted octanol–water partition coefficient (Wildman–Crippen LogP) is 1.88. The number of aryl methyl sites for hydroxylation is 3. The molecule has 1 amide bonds. The molecule has 0 fully saturated rings. The van der Waals surface area contributed by atoms with E-state index in [1.165, 1.54) is 4.68 Å². The Morgan fingerprint density at radius 1 is 1.27 bits per heavy atom. The largest absolute Gasteiger partial charge is 0.465 e. The highest BCUT2D eigenvalue weighted by molar-refractivity contribution is 8.00. The van der Waals surface area contributed by atoms with Gasteiger partial charge in [0.25, 0.3) is 0 Å². The summed E-state index contributed by atoms with van der Waals surface area (Å²) >= 11 is 1.55. The fraction of sp³-hybridized carbons (Fsp3) is 0.529. The summed E-state index contributed by atoms with van der Waals surface area (Å²) in [5.41, 5.74) is 4.78. The van der Waals surface area contributed by atoms with Crippen LogP contribution in [0.25, 0.3) is 0 Å². The van der Waals surface area contributed by atoms with Gasteiger partial charge in [-0.2, -0.15) is 10.2 Å². The lowest BCUT2D eigenvalue weighted by Gasteiger charge is -2.16. The first kappa shape index (κ1) is 18.5. The van der Waals surface area contributed by atoms with E-state index in [1.807, 2.05) is 32.5 Å². The van der Waals surface area contributed by atoms with E-state index < -0.39 is 0 Å². The zero-order valence-electron chi connectivity index (χ0n) is 15.6. The number of carbonyl (C=O) groups excluding carboxylic acids is 2. The van der Waals surface area contributed by atoms with Gasteiger partial charge in [0.05, 0.1) is 29.0 Å². The Morgan fingerprint density at radius 3 is 2.58 bits per heavy atom. The molecule has 1 aliphatic rings. The smallest absolute Gasteiger partial charge is 0.327 e. The van der Waals surface area contributed by atoms with Gasteiger partial charge in [-0.25, -0.2) is 4.68 Å². The Morgan fingerprint density at radius 2 is 1.96 bits per heavy atom. The number of hydrogen-bond acceptors (Lipinski definition) is 6. The van der Waals surface area contributed by atoms with Gasteiger partial charge >= 0.3 is 5.97 Å². The van der Waals surface area contributed by atoms with Crippen LogP contribution in [-0.2, 0) is 27.9 Å². The molecule has 1 aliphatic heterocycles. The van der Waals surface area contributed by atoms with Gasteiger partial charge in [0, 0.05) is 23.9 Å². The Kier molecular flexibility index (Phi) is 5.08. The Hall–Kier alpha value is -2.29. The Bertz CT molecular complexity index is 870. The van der Waals surface area contributed by atoms with Crippen LogP contribution in [0.2, 0.25) is 0 Å². The van der Waals surface area contributed by atoms with Crippen molar-refractivity contribution in [3.05, 3.63) is 28.2 Å². The van der Waals surface area contributed by atoms with Crippen LogP contribution in [0.3, 0.4) is 0 Å². The summed E-state index contributed by atoms with van der Waals surface area (Å²) in [7, 11) is 1.91. The number of carbonyl (C=O) groups is 2. The number of rotatable bonds is 4. The van der Waals surface area contributed by atoms with E-state index in [4.69, 9.17) is 4.74 Å². The zero-order valence-corrected chi connectivity index (χ0v) is 16.4. The summed E-state index contributed by atoms with van der Waals surface area (Å²) in [5.74, 6) is 0.404. The van der Waals surface area contributed by atoms with Crippen LogP contribution in [0.5, 0.6) is 0 Å². The molecule has 0 unspecified atom stereocenters. The number of ether oxygens (including phenoxy) is 1. The maximum atomic E-state index is 12.3. The molecule has 26 heavy (non-hydrogen) atoms. The average molecular weight is 377 g/mol. The highest BCUT2D eigenvalue weighted by Gasteiger charge is 2.33. The third-order valence-electron chi connectivity index (χ3n) is 4.49. The number of hydrogen-bond donors (Lipinski definition) is 1. The number of aromatic nitrogens is 4. The van der Waals surface area contributed by atoms with E-state index >= 15 is 0 Å². The second-order valence-electron chi connectivity index (χ2n) is 6.26. The van der Waals surface area contributed by atoms with E-state index in [9.17, 15) is 9.59 Å². The van der Waals surface area contributed by atoms with Crippen LogP contribution in [0.1, 0.15) is 40.4 Å². The van der Waals surface area contributed by atoms with E-state index in [0.717, 1.165) is 28.2 Å². The lowest BCUT2D eigenvalue weighted by atomic mass is 10.0. The van der Waals surface area contributed by atoms with Gasteiger partial charge in [0.1, 0.15) is 12.4 Å². The molecule has 2 aromatic rings. The monoisotopic (exact) mass is 377 g/mol. The predicted molar refractivity (Wildman–Crippen MR) is 99.2 cm³/mol. The number of esters is 1. The van der Waals surface area contributed by atoms with Gasteiger partial charge < -0.3 is 10.1 Å². The zero-order chi connectivity index (χ0) is 19.0. The van der Waals surface area contributed by atoms with Crippen molar-refractivity contribution in [1.29, 1.82) is 0 Å². The molecule has 1 atom stereocenters. The van der Waals surface area contributed by atoms with Crippen LogP contribution < -0.4 is 5.32 Å². The lowest BCUT2D eigenvalue weighted by molar-refractivity contribution is -0.144. The molecule has 0 aliphatic carbocycles. The minimum Gasteiger partial charge on any atom is -0.465 e. The minimum absolute atomic E-state index is 0.0350. The second kappa shape index (κ2) is 7.14. The van der Waals surface area contributed by atoms with Crippen molar-refractivity contribution in [2.45, 2.75) is 39.5 Å². The molecule has 3 rings (SSSR count). The fourth-order valence-electron chi connectivity index (χ4n) is 3.29. The van der Waals surface area contributed by atoms with Crippen LogP contribution in [0.15, 0.2) is 0 Å². The first-order valence-corrected chi connectivity index (χ1v) is 9.52. The van der Waals surface area contributed by atoms with Crippen molar-refractivity contribution < 1.29 is 14.3 Å². The third kappa shape index (κ3) is 3.23. The summed E-state index contributed by atoms with van der Waals surface area (Å²) in [6.45, 7) is 7.92. The normalized spacial score (nSPS) is 16.8. The fourth-order valence-corrected chi connectivity index (χ4v) is 4.64. The summed E-state index contributed by atoms with van der Waals surface area (Å²) in [5, 5.41) is 11.8. The average Bonchev–Trinajstić information content (AvgIpc) is 2.91. The van der Waals surface area contributed by atoms with Gasteiger partial charge in [-0.3, -0.25) is 14.3 Å². The van der Waals surface area contributed by atoms with Gasteiger partial charge in [-0.05, 0) is 27.7 Å². The van der Waals surface area contributed by atoms with E-state index in [-0.39, 0.29) is 23.7 Å². The van der Waals surface area contributed by atoms with Crippen LogP contribution in [0.4, 0.5) is 5.82 Å². The summed E-state index contributed by atoms with van der Waals surface area (Å²) in [6.07, 6.45) is 0. The number of amides is 1. The minimum atomic E-state index is -0.380. The molecule has 140 valence electrons. The SMILES string of the molecule is CCOC(=O)Cn1nc(C)c2c1NC(=O)CS[C@@H]2c1c(C)nn(C)c1C. The van der Waals surface area contributed by atoms with Crippen molar-refractivity contribution in [2.24, 2.45) is 7.05 Å². The number of thioether (sulfide) groups is 1. The van der Waals surface area contributed by atoms with Crippen LogP contribution in [0, 0.1) is 20.8 Å². The van der Waals surface area contributed by atoms with Gasteiger partial charge in [-0.1, -0.05) is 0 Å². The quantitative estimate of drug-likeness (QED) is 0.818. The molecule has 3 heterocycles. The third-order valence-corrected chi connectivity index (χ3v) is 5.72. The molecule has 0 saturated carbocycles. The van der Waals surface area contributed by atoms with E-state index in [2.05, 4.69) is 15.5 Å². The molecule has 9 heteroatoms. The van der Waals surface area contributed by atoms with Crippen LogP contribution in [-0.4, -0.2) is 43.8 Å². The molecule has 0 radical (unpaired) electrons. The maximum Gasteiger partial charge on any atom is 0.327 e. The highest BCUT2D eigenvalue weighted by atomic mass is 32.2. The van der Waals surface area contributed by atoms with E-state index in [1.54, 1.807) is 18.7 Å². The number of fused-ring (bicyclic) bond motifs is 1. The van der Waals surface area contributed by atoms with Crippen molar-refractivity contribution in [2.75, 3.05) is 17.7 Å². The maximum absolute atomic E-state index is 12.3. The highest BCUT2D eigenvalue weighted by Crippen LogP contribution is 2.45. The molecule has 0 saturated heterocycles. The number of nitrogens with one attached hydrogen (secondary N) is 1. The number of nitrogens with zero attached hydrogens (tertiary/aromatic N) is 4. The van der Waals surface area contributed by atoms with Gasteiger partial charge in [0.15, 0.2) is 0 Å². The van der Waals surface area contributed by atoms with Crippen molar-refractivity contribution in [1.82, 2.24) is 19.6 Å². The van der Waals surface area contributed by atoms with Crippen molar-refractivity contribution in [3.63, 3.8) is 0 Å². The van der Waals surface area contributed by atoms with E-state index in [0.29, 0.717) is 18.2 Å². The Balaban J connectivity index is 2.11. The van der Waals surface area contributed by atoms with Crippen molar-refractivity contribution in [3.8, 4) is 0 Å². The summed E-state index contributed by atoms with van der Waals surface area (Å²) in [6, 6.07) is 0. The standard InChI is InChI=1S/C17H23N5O3S/c1-6-25-13(24)7-22-17-15(10(3)20-22)16(26-8-12(23)18-17)14-9(2)19-21(5)11(14)4/h16H,6-8H2,1-5H3,(H,18,23)/t16-/m1/s1. The molecule has 1 N–H and O–H groups in total. The first-order chi connectivity index (χ1) is 12.3. The summed E-state index contributed by atoms with van der Waals surface area (Å²) in [4.78, 5) is 24.2. The number of anilines is 1. The molecule has 0 bridgehead atoms. The molecule has 2 aromatic heterocycles. The van der Waals surface area contributed by atoms with Crippen LogP contribution >= 0.6 is 11.8 Å². The first-order valence-electron chi connectivity index (χ1n) is 8.47. The molecular weight excluding hydrogens is 354 g/mol. The second-order valence-corrected chi connectivity index (χ2v) is 7.35.